The first-order valence-electron chi connectivity index (χ1n) is 5.89. The van der Waals surface area contributed by atoms with Crippen LogP contribution in [-0.4, -0.2) is 29.3 Å². The molecule has 1 spiro atoms. The molecule has 2 fully saturated rings. The van der Waals surface area contributed by atoms with E-state index in [0.29, 0.717) is 11.4 Å². The second-order valence-corrected chi connectivity index (χ2v) is 5.18. The van der Waals surface area contributed by atoms with E-state index in [0.717, 1.165) is 37.2 Å². The molecule has 1 aromatic heterocycles. The minimum absolute atomic E-state index is 0.259. The number of allylic oxidation sites excluding steroid dienone is 1. The number of nitrogens with zero attached hydrogens (tertiary/aromatic N) is 2. The van der Waals surface area contributed by atoms with Gasteiger partial charge in [0, 0.05) is 23.4 Å². The maximum atomic E-state index is 5.71. The van der Waals surface area contributed by atoms with E-state index in [1.54, 1.807) is 12.4 Å². The zero-order valence-electron chi connectivity index (χ0n) is 9.98. The average Bonchev–Trinajstić information content (AvgIpc) is 2.20. The van der Waals surface area contributed by atoms with Crippen molar-refractivity contribution in [2.75, 3.05) is 13.2 Å². The number of rotatable bonds is 3. The van der Waals surface area contributed by atoms with E-state index >= 15 is 0 Å². The third kappa shape index (κ3) is 1.93. The summed E-state index contributed by atoms with van der Waals surface area (Å²) in [7, 11) is 0. The van der Waals surface area contributed by atoms with Crippen molar-refractivity contribution in [1.29, 1.82) is 0 Å². The average molecular weight is 232 g/mol. The molecule has 2 aliphatic rings. The molecule has 4 nitrogen and oxygen atoms in total. The Morgan fingerprint density at radius 2 is 2.06 bits per heavy atom. The fourth-order valence-corrected chi connectivity index (χ4v) is 2.36. The Labute approximate surface area is 101 Å². The summed E-state index contributed by atoms with van der Waals surface area (Å²) in [5.41, 5.74) is 2.34. The summed E-state index contributed by atoms with van der Waals surface area (Å²) in [6, 6.07) is 0.468. The first-order chi connectivity index (χ1) is 8.17. The van der Waals surface area contributed by atoms with Crippen molar-refractivity contribution in [3.8, 4) is 6.01 Å². The monoisotopic (exact) mass is 232 g/mol. The van der Waals surface area contributed by atoms with Crippen molar-refractivity contribution in [1.82, 2.24) is 9.97 Å². The summed E-state index contributed by atoms with van der Waals surface area (Å²) >= 11 is 0. The number of aromatic nitrogens is 2. The highest BCUT2D eigenvalue weighted by Crippen LogP contribution is 2.47. The summed E-state index contributed by atoms with van der Waals surface area (Å²) in [4.78, 5) is 8.38. The smallest absolute Gasteiger partial charge is 0.316 e. The Bertz CT molecular complexity index is 429. The molecule has 1 aromatic rings. The molecule has 17 heavy (non-hydrogen) atoms. The van der Waals surface area contributed by atoms with Gasteiger partial charge in [0.1, 0.15) is 6.10 Å². The maximum Gasteiger partial charge on any atom is 0.316 e. The topological polar surface area (TPSA) is 44.2 Å². The lowest BCUT2D eigenvalue weighted by atomic mass is 9.65. The standard InChI is InChI=1S/C13H16N2O2/c1-9(2)10-5-14-12(15-6-10)17-11-3-13(4-11)7-16-8-13/h5-6,11H,1,3-4,7-8H2,2H3. The van der Waals surface area contributed by atoms with Crippen molar-refractivity contribution in [3.05, 3.63) is 24.5 Å². The lowest BCUT2D eigenvalue weighted by molar-refractivity contribution is -0.192. The number of hydrogen-bond acceptors (Lipinski definition) is 4. The van der Waals surface area contributed by atoms with Crippen LogP contribution in [0.1, 0.15) is 25.3 Å². The lowest BCUT2D eigenvalue weighted by Crippen LogP contribution is -2.56. The van der Waals surface area contributed by atoms with Gasteiger partial charge >= 0.3 is 6.01 Å². The Kier molecular flexibility index (Phi) is 2.40. The van der Waals surface area contributed by atoms with Gasteiger partial charge in [0.25, 0.3) is 0 Å². The van der Waals surface area contributed by atoms with Gasteiger partial charge in [-0.3, -0.25) is 0 Å². The summed E-state index contributed by atoms with van der Waals surface area (Å²) < 4.78 is 10.9. The van der Waals surface area contributed by atoms with Gasteiger partial charge in [-0.1, -0.05) is 6.58 Å². The predicted molar refractivity (Wildman–Crippen MR) is 63.6 cm³/mol. The number of ether oxygens (including phenoxy) is 2. The molecule has 0 atom stereocenters. The van der Waals surface area contributed by atoms with Crippen molar-refractivity contribution in [2.24, 2.45) is 5.41 Å². The Balaban J connectivity index is 1.57. The fourth-order valence-electron chi connectivity index (χ4n) is 2.36. The van der Waals surface area contributed by atoms with Crippen molar-refractivity contribution in [2.45, 2.75) is 25.9 Å². The molecule has 90 valence electrons. The molecule has 1 saturated heterocycles. The van der Waals surface area contributed by atoms with Gasteiger partial charge in [-0.25, -0.2) is 9.97 Å². The van der Waals surface area contributed by atoms with E-state index in [2.05, 4.69) is 16.5 Å². The van der Waals surface area contributed by atoms with Crippen LogP contribution in [0, 0.1) is 5.41 Å². The summed E-state index contributed by atoms with van der Waals surface area (Å²) in [5, 5.41) is 0. The van der Waals surface area contributed by atoms with E-state index < -0.39 is 0 Å². The van der Waals surface area contributed by atoms with E-state index in [1.807, 2.05) is 6.92 Å². The minimum Gasteiger partial charge on any atom is -0.460 e. The number of hydrogen-bond donors (Lipinski definition) is 0. The zero-order valence-corrected chi connectivity index (χ0v) is 9.98. The molecule has 1 saturated carbocycles. The summed E-state index contributed by atoms with van der Waals surface area (Å²) in [6.45, 7) is 7.56. The maximum absolute atomic E-state index is 5.71. The van der Waals surface area contributed by atoms with Gasteiger partial charge in [-0.2, -0.15) is 0 Å². The van der Waals surface area contributed by atoms with Crippen molar-refractivity contribution < 1.29 is 9.47 Å². The van der Waals surface area contributed by atoms with Crippen molar-refractivity contribution in [3.63, 3.8) is 0 Å². The van der Waals surface area contributed by atoms with Gasteiger partial charge in [-0.05, 0) is 25.3 Å². The molecule has 3 rings (SSSR count). The predicted octanol–water partition coefficient (Wildman–Crippen LogP) is 2.07. The minimum atomic E-state index is 0.259. The van der Waals surface area contributed by atoms with Crippen LogP contribution in [-0.2, 0) is 4.74 Å². The quantitative estimate of drug-likeness (QED) is 0.800. The molecule has 4 heteroatoms. The second-order valence-electron chi connectivity index (χ2n) is 5.18. The van der Waals surface area contributed by atoms with Crippen LogP contribution in [0.3, 0.4) is 0 Å². The third-order valence-corrected chi connectivity index (χ3v) is 3.53. The highest BCUT2D eigenvalue weighted by Gasteiger charge is 2.51. The molecule has 0 N–H and O–H groups in total. The van der Waals surface area contributed by atoms with Crippen LogP contribution < -0.4 is 4.74 Å². The Morgan fingerprint density at radius 3 is 2.53 bits per heavy atom. The summed E-state index contributed by atoms with van der Waals surface area (Å²) in [5.74, 6) is 0. The van der Waals surface area contributed by atoms with Gasteiger partial charge in [-0.15, -0.1) is 0 Å². The normalized spacial score (nSPS) is 21.7. The van der Waals surface area contributed by atoms with Crippen LogP contribution in [0.4, 0.5) is 0 Å². The lowest BCUT2D eigenvalue weighted by Gasteiger charge is -2.52. The highest BCUT2D eigenvalue weighted by molar-refractivity contribution is 5.59. The Hall–Kier alpha value is -1.42. The van der Waals surface area contributed by atoms with Crippen LogP contribution in [0.25, 0.3) is 5.57 Å². The van der Waals surface area contributed by atoms with E-state index in [1.165, 1.54) is 0 Å². The molecule has 2 heterocycles. The van der Waals surface area contributed by atoms with Gasteiger partial charge < -0.3 is 9.47 Å². The van der Waals surface area contributed by atoms with Crippen LogP contribution in [0.15, 0.2) is 19.0 Å². The van der Waals surface area contributed by atoms with Crippen molar-refractivity contribution >= 4 is 5.57 Å². The van der Waals surface area contributed by atoms with E-state index in [-0.39, 0.29) is 6.10 Å². The molecule has 0 bridgehead atoms. The largest absolute Gasteiger partial charge is 0.460 e. The Morgan fingerprint density at radius 1 is 1.41 bits per heavy atom. The SMILES string of the molecule is C=C(C)c1cnc(OC2CC3(COC3)C2)nc1. The van der Waals surface area contributed by atoms with Crippen LogP contribution in [0.2, 0.25) is 0 Å². The van der Waals surface area contributed by atoms with Crippen LogP contribution >= 0.6 is 0 Å². The molecular weight excluding hydrogens is 216 g/mol. The van der Waals surface area contributed by atoms with Gasteiger partial charge in [0.15, 0.2) is 0 Å². The zero-order chi connectivity index (χ0) is 11.9. The molecule has 0 unspecified atom stereocenters. The van der Waals surface area contributed by atoms with E-state index in [4.69, 9.17) is 9.47 Å². The molecule has 0 aromatic carbocycles. The highest BCUT2D eigenvalue weighted by atomic mass is 16.5. The second kappa shape index (κ2) is 3.81. The summed E-state index contributed by atoms with van der Waals surface area (Å²) in [6.07, 6.45) is 5.91. The first-order valence-corrected chi connectivity index (χ1v) is 5.89. The van der Waals surface area contributed by atoms with Gasteiger partial charge in [0.2, 0.25) is 0 Å². The molecule has 1 aliphatic heterocycles. The third-order valence-electron chi connectivity index (χ3n) is 3.53. The molecule has 0 amide bonds. The molecular formula is C13H16N2O2. The molecule has 0 radical (unpaired) electrons. The first kappa shape index (κ1) is 10.7. The van der Waals surface area contributed by atoms with E-state index in [9.17, 15) is 0 Å². The van der Waals surface area contributed by atoms with Gasteiger partial charge in [0.05, 0.1) is 13.2 Å². The van der Waals surface area contributed by atoms with Crippen LogP contribution in [0.5, 0.6) is 6.01 Å². The fraction of sp³-hybridized carbons (Fsp3) is 0.538. The molecule has 1 aliphatic carbocycles.